The predicted octanol–water partition coefficient (Wildman–Crippen LogP) is -1.75. The first-order chi connectivity index (χ1) is 56.2. The smallest absolute Gasteiger partial charge is 0.317 e. The van der Waals surface area contributed by atoms with Crippen LogP contribution >= 0.6 is 23.5 Å². The molecule has 0 aromatic heterocycles. The fourth-order valence-corrected chi connectivity index (χ4v) is 15.6. The number of carbonyl (C=O) groups is 15. The summed E-state index contributed by atoms with van der Waals surface area (Å²) in [5, 5.41) is 70.8. The van der Waals surface area contributed by atoms with Crippen LogP contribution in [0.25, 0.3) is 0 Å². The fraction of sp³-hybridized carbons (Fsp3) is 0.654. The van der Waals surface area contributed by atoms with E-state index < -0.39 is 144 Å². The Hall–Kier alpha value is -8.93. The lowest BCUT2D eigenvalue weighted by atomic mass is 10.0. The van der Waals surface area contributed by atoms with E-state index in [0.29, 0.717) is 94.7 Å². The number of amides is 10. The molecule has 117 heavy (non-hydrogen) atoms. The van der Waals surface area contributed by atoms with Gasteiger partial charge >= 0.3 is 23.9 Å². The maximum absolute atomic E-state index is 15.1. The molecule has 13 N–H and O–H groups in total. The average Bonchev–Trinajstić information content (AvgIpc) is 1.64. The summed E-state index contributed by atoms with van der Waals surface area (Å²) in [6, 6.07) is 5.79. The third-order valence-electron chi connectivity index (χ3n) is 19.9. The van der Waals surface area contributed by atoms with Crippen LogP contribution in [0.1, 0.15) is 114 Å². The van der Waals surface area contributed by atoms with E-state index in [1.54, 1.807) is 45.0 Å². The van der Waals surface area contributed by atoms with Crippen molar-refractivity contribution in [2.45, 2.75) is 170 Å². The largest absolute Gasteiger partial charge is 0.481 e. The number of nitrogens with zero attached hydrogens (tertiary/aromatic N) is 6. The van der Waals surface area contributed by atoms with Crippen molar-refractivity contribution in [3.05, 3.63) is 71.3 Å². The molecule has 0 saturated carbocycles. The number of carbonyl (C=O) groups excluding carboxylic acids is 11. The number of thioether (sulfide) groups is 2. The topological polar surface area (TPSA) is 501 Å². The lowest BCUT2D eigenvalue weighted by Crippen LogP contribution is -2.61. The predicted molar refractivity (Wildman–Crippen MR) is 430 cm³/mol. The summed E-state index contributed by atoms with van der Waals surface area (Å²) < 4.78 is 16.9. The SMILES string of the molecule is CCCC[C@H](NC(=O)CCC(=O)NCCCOCCOCCOCCCNC(=O)CN1CCN(CC(=O)O)CCN(CC(=O)O)CCN(CC(=O)O)CC1)C(=O)N[C@H]1CSCc2cccc(c2)CSC[C@@H](C=O)NC(=O)[C@H](Cc2ccccc2)NC(=O)[C@H](CCC(=O)O)NC(=O)[C@H]([C@@H](C)O)NC(=O)[C@@H]2CCCN2C(=O)[C@@H]2CCCN2C1=O. The maximum Gasteiger partial charge on any atom is 0.317 e. The quantitative estimate of drug-likeness (QED) is 0.0262. The van der Waals surface area contributed by atoms with E-state index in [0.717, 1.165) is 11.1 Å². The second-order valence-corrected chi connectivity index (χ2v) is 31.4. The Kier molecular flexibility index (Phi) is 44.3. The first-order valence-corrected chi connectivity index (χ1v) is 42.4. The second kappa shape index (κ2) is 53.5. The Labute approximate surface area is 689 Å². The summed E-state index contributed by atoms with van der Waals surface area (Å²) >= 11 is 2.68. The summed E-state index contributed by atoms with van der Waals surface area (Å²) in [4.78, 5) is 210. The van der Waals surface area contributed by atoms with Gasteiger partial charge in [0.1, 0.15) is 48.6 Å². The fourth-order valence-electron chi connectivity index (χ4n) is 13.7. The number of nitrogens with one attached hydrogen (secondary N) is 8. The number of carboxylic acid groups (broad SMARTS) is 4. The molecular weight excluding hydrogens is 1570 g/mol. The summed E-state index contributed by atoms with van der Waals surface area (Å²) in [5.41, 5.74) is 2.32. The van der Waals surface area contributed by atoms with Gasteiger partial charge in [-0.05, 0) is 75.0 Å². The molecule has 0 unspecified atom stereocenters. The number of hydrogen-bond acceptors (Lipinski definition) is 25. The molecule has 39 heteroatoms. The zero-order valence-electron chi connectivity index (χ0n) is 66.8. The van der Waals surface area contributed by atoms with Crippen LogP contribution in [-0.4, -0.2) is 354 Å². The molecule has 10 amide bonds. The Morgan fingerprint density at radius 2 is 1.04 bits per heavy atom. The summed E-state index contributed by atoms with van der Waals surface area (Å²) in [7, 11) is 0. The van der Waals surface area contributed by atoms with Gasteiger partial charge in [-0.1, -0.05) is 74.4 Å². The van der Waals surface area contributed by atoms with Gasteiger partial charge in [-0.25, -0.2) is 0 Å². The Morgan fingerprint density at radius 1 is 0.538 bits per heavy atom. The Balaban J connectivity index is 0.981. The lowest BCUT2D eigenvalue weighted by molar-refractivity contribution is -0.148. The number of ether oxygens (including phenoxy) is 3. The van der Waals surface area contributed by atoms with Crippen molar-refractivity contribution < 1.29 is 112 Å². The summed E-state index contributed by atoms with van der Waals surface area (Å²) in [6.07, 6.45) is 0.667. The van der Waals surface area contributed by atoms with Crippen LogP contribution in [-0.2, 0) is 104 Å². The van der Waals surface area contributed by atoms with Gasteiger partial charge in [0.2, 0.25) is 59.1 Å². The molecule has 6 rings (SSSR count). The average molecular weight is 1680 g/mol. The van der Waals surface area contributed by atoms with Gasteiger partial charge < -0.3 is 96.9 Å². The van der Waals surface area contributed by atoms with Crippen molar-refractivity contribution in [3.63, 3.8) is 0 Å². The highest BCUT2D eigenvalue weighted by Gasteiger charge is 2.45. The highest BCUT2D eigenvalue weighted by molar-refractivity contribution is 7.98. The number of aliphatic hydroxyl groups excluding tert-OH is 1. The number of benzene rings is 2. The molecule has 4 aliphatic rings. The van der Waals surface area contributed by atoms with E-state index in [9.17, 15) is 92.7 Å². The van der Waals surface area contributed by atoms with Crippen molar-refractivity contribution in [3.8, 4) is 0 Å². The van der Waals surface area contributed by atoms with Crippen LogP contribution in [0.3, 0.4) is 0 Å². The molecular formula is C78H118N14O23S2. The van der Waals surface area contributed by atoms with E-state index >= 15 is 4.79 Å². The standard InChI is InChI=1S/C78H118N14O23S2/c1-3-4-17-58(82-65(96)22-21-64(95)79-24-11-36-113-38-40-115-41-39-114-37-12-25-80-66(97)44-87-28-30-88(45-68(100)101)32-34-90(47-70(104)105)35-33-89(31-29-87)46-69(102)103)72(106)85-61-52-117-50-56-16-8-15-55(42-56)49-116-51-57(48-93)81-74(108)60(43-54-13-6-5-7-14-54)84-73(107)59(20-23-67(98)99)83-76(110)71(53(2)94)86-75(109)62-18-9-26-91(62)78(112)63-19-10-27-92(63)77(61)111/h5-8,13-16,42,48,53,57-63,71,94H,3-4,9-12,17-41,43-47,49-52H2,1-2H3,(H,79,95)(H,80,97)(H,81,108)(H,82,96)(H,83,110)(H,84,107)(H,85,106)(H,86,109)(H,98,99)(H,100,101)(H,102,103)(H,104,105)/t53-,57-,58+,59+,60+,61+,62+,63+,71+/m1/s1. The number of unbranched alkanes of at least 4 members (excludes halogenated alkanes) is 1. The number of aliphatic hydroxyl groups is 1. The van der Waals surface area contributed by atoms with Gasteiger partial charge in [-0.3, -0.25) is 86.7 Å². The lowest BCUT2D eigenvalue weighted by Gasteiger charge is -2.34. The van der Waals surface area contributed by atoms with Gasteiger partial charge in [-0.2, -0.15) is 23.5 Å². The zero-order chi connectivity index (χ0) is 85.0. The van der Waals surface area contributed by atoms with Gasteiger partial charge in [0.05, 0.1) is 64.8 Å². The van der Waals surface area contributed by atoms with Gasteiger partial charge in [0.25, 0.3) is 0 Å². The Morgan fingerprint density at radius 3 is 1.58 bits per heavy atom. The molecule has 4 aliphatic heterocycles. The minimum absolute atomic E-state index is 0.00752. The third kappa shape index (κ3) is 36.9. The molecule has 0 radical (unpaired) electrons. The minimum Gasteiger partial charge on any atom is -0.481 e. The van der Waals surface area contributed by atoms with E-state index in [4.69, 9.17) is 14.2 Å². The third-order valence-corrected chi connectivity index (χ3v) is 22.1. The van der Waals surface area contributed by atoms with Crippen molar-refractivity contribution in [2.75, 3.05) is 156 Å². The van der Waals surface area contributed by atoms with Gasteiger partial charge in [0.15, 0.2) is 0 Å². The molecule has 2 aromatic rings. The molecule has 0 spiro atoms. The van der Waals surface area contributed by atoms with Crippen LogP contribution < -0.4 is 42.5 Å². The van der Waals surface area contributed by atoms with Crippen molar-refractivity contribution >= 4 is 113 Å². The molecule has 2 aromatic carbocycles. The molecule has 3 fully saturated rings. The number of hydrogen-bond donors (Lipinski definition) is 13. The van der Waals surface area contributed by atoms with E-state index in [1.807, 2.05) is 36.1 Å². The molecule has 37 nitrogen and oxygen atoms in total. The minimum atomic E-state index is -1.75. The maximum atomic E-state index is 15.1. The molecule has 4 heterocycles. The van der Waals surface area contributed by atoms with Gasteiger partial charge in [-0.15, -0.1) is 0 Å². The van der Waals surface area contributed by atoms with Crippen LogP contribution in [0, 0.1) is 0 Å². The highest BCUT2D eigenvalue weighted by Crippen LogP contribution is 2.28. The van der Waals surface area contributed by atoms with Crippen LogP contribution in [0.15, 0.2) is 54.6 Å². The van der Waals surface area contributed by atoms with Gasteiger partial charge in [0, 0.05) is 140 Å². The van der Waals surface area contributed by atoms with Crippen molar-refractivity contribution in [1.29, 1.82) is 0 Å². The highest BCUT2D eigenvalue weighted by atomic mass is 32.2. The molecule has 9 atom stereocenters. The van der Waals surface area contributed by atoms with E-state index in [-0.39, 0.29) is 167 Å². The number of aldehydes is 1. The molecule has 650 valence electrons. The first-order valence-electron chi connectivity index (χ1n) is 40.1. The molecule has 0 aliphatic carbocycles. The number of fused-ring (bicyclic) bond motifs is 4. The van der Waals surface area contributed by atoms with Crippen LogP contribution in [0.2, 0.25) is 0 Å². The number of aliphatic carboxylic acids is 4. The first kappa shape index (κ1) is 96.9. The second-order valence-electron chi connectivity index (χ2n) is 29.3. The van der Waals surface area contributed by atoms with Crippen molar-refractivity contribution in [1.82, 2.24) is 71.9 Å². The van der Waals surface area contributed by atoms with E-state index in [2.05, 4.69) is 42.5 Å². The molecule has 2 bridgehead atoms. The summed E-state index contributed by atoms with van der Waals surface area (Å²) in [5.74, 6) is -10.3. The van der Waals surface area contributed by atoms with Crippen molar-refractivity contribution in [2.24, 2.45) is 0 Å². The van der Waals surface area contributed by atoms with Crippen LogP contribution in [0.4, 0.5) is 0 Å². The number of rotatable bonds is 38. The van der Waals surface area contributed by atoms with Crippen LogP contribution in [0.5, 0.6) is 0 Å². The molecule has 3 saturated heterocycles. The zero-order valence-corrected chi connectivity index (χ0v) is 68.5. The monoisotopic (exact) mass is 1680 g/mol. The number of carboxylic acids is 4. The normalized spacial score (nSPS) is 22.0. The van der Waals surface area contributed by atoms with E-state index in [1.165, 1.54) is 40.2 Å². The Bertz CT molecular complexity index is 3540. The summed E-state index contributed by atoms with van der Waals surface area (Å²) in [6.45, 7) is 7.06.